The predicted molar refractivity (Wildman–Crippen MR) is 110 cm³/mol. The van der Waals surface area contributed by atoms with Crippen molar-refractivity contribution < 1.29 is 4.79 Å². The summed E-state index contributed by atoms with van der Waals surface area (Å²) in [6, 6.07) is 13.9. The first-order valence-electron chi connectivity index (χ1n) is 9.22. The molecule has 0 saturated carbocycles. The maximum absolute atomic E-state index is 12.6. The predicted octanol–water partition coefficient (Wildman–Crippen LogP) is 3.13. The zero-order chi connectivity index (χ0) is 19.2. The number of carbonyl (C=O) groups excluding carboxylic acids is 1. The first kappa shape index (κ1) is 18.4. The molecule has 0 aliphatic carbocycles. The van der Waals surface area contributed by atoms with Crippen LogP contribution in [0.15, 0.2) is 72.3 Å². The molecule has 1 amide bonds. The van der Waals surface area contributed by atoms with E-state index in [9.17, 15) is 4.79 Å². The molecule has 3 heterocycles. The van der Waals surface area contributed by atoms with Crippen molar-refractivity contribution in [1.29, 1.82) is 0 Å². The smallest absolute Gasteiger partial charge is 0.255 e. The normalized spacial score (nSPS) is 14.1. The van der Waals surface area contributed by atoms with Crippen LogP contribution in [0.3, 0.4) is 0 Å². The van der Waals surface area contributed by atoms with Crippen LogP contribution in [0.1, 0.15) is 15.9 Å². The number of thioether (sulfide) groups is 1. The Morgan fingerprint density at radius 3 is 2.50 bits per heavy atom. The van der Waals surface area contributed by atoms with E-state index in [0.717, 1.165) is 29.7 Å². The van der Waals surface area contributed by atoms with Crippen molar-refractivity contribution in [3.8, 4) is 0 Å². The van der Waals surface area contributed by atoms with Gasteiger partial charge < -0.3 is 9.80 Å². The van der Waals surface area contributed by atoms with E-state index >= 15 is 0 Å². The molecule has 0 unspecified atom stereocenters. The maximum atomic E-state index is 12.6. The molecular weight excluding hydrogens is 370 g/mol. The Labute approximate surface area is 168 Å². The Morgan fingerprint density at radius 2 is 1.75 bits per heavy atom. The molecule has 6 nitrogen and oxygen atoms in total. The number of carbonyl (C=O) groups is 1. The van der Waals surface area contributed by atoms with Gasteiger partial charge in [-0.15, -0.1) is 11.8 Å². The fourth-order valence-electron chi connectivity index (χ4n) is 3.10. The first-order chi connectivity index (χ1) is 13.8. The van der Waals surface area contributed by atoms with Gasteiger partial charge in [0.25, 0.3) is 5.91 Å². The summed E-state index contributed by atoms with van der Waals surface area (Å²) in [5.41, 5.74) is 1.90. The van der Waals surface area contributed by atoms with Gasteiger partial charge in [0.05, 0.1) is 18.0 Å². The maximum Gasteiger partial charge on any atom is 0.255 e. The van der Waals surface area contributed by atoms with Gasteiger partial charge in [-0.3, -0.25) is 14.8 Å². The van der Waals surface area contributed by atoms with Gasteiger partial charge in [0.2, 0.25) is 0 Å². The number of aromatic nitrogens is 3. The average Bonchev–Trinajstić information content (AvgIpc) is 2.79. The fourth-order valence-corrected chi connectivity index (χ4v) is 3.90. The van der Waals surface area contributed by atoms with Crippen LogP contribution in [0, 0.1) is 0 Å². The van der Waals surface area contributed by atoms with Crippen LogP contribution in [-0.4, -0.2) is 51.9 Å². The zero-order valence-electron chi connectivity index (χ0n) is 15.4. The standard InChI is InChI=1S/C21H21N5OS/c27-21(18-7-4-8-22-13-18)26-11-9-25(10-12-26)19-14-23-15-20(24-19)28-16-17-5-2-1-3-6-17/h1-8,13-15H,9-12,16H2. The number of hydrogen-bond donors (Lipinski definition) is 0. The number of pyridine rings is 1. The highest BCUT2D eigenvalue weighted by atomic mass is 32.2. The minimum atomic E-state index is 0.0333. The molecule has 3 aromatic rings. The van der Waals surface area contributed by atoms with Crippen LogP contribution >= 0.6 is 11.8 Å². The van der Waals surface area contributed by atoms with Crippen molar-refractivity contribution in [2.45, 2.75) is 10.8 Å². The number of amides is 1. The van der Waals surface area contributed by atoms with E-state index in [-0.39, 0.29) is 5.91 Å². The molecular formula is C21H21N5OS. The van der Waals surface area contributed by atoms with E-state index in [1.54, 1.807) is 48.7 Å². The van der Waals surface area contributed by atoms with E-state index in [0.29, 0.717) is 18.7 Å². The Balaban J connectivity index is 1.35. The highest BCUT2D eigenvalue weighted by Crippen LogP contribution is 2.23. The molecule has 1 saturated heterocycles. The number of nitrogens with zero attached hydrogens (tertiary/aromatic N) is 5. The average molecular weight is 392 g/mol. The summed E-state index contributed by atoms with van der Waals surface area (Å²) in [5.74, 6) is 1.77. The molecule has 0 N–H and O–H groups in total. The summed E-state index contributed by atoms with van der Waals surface area (Å²) in [6.45, 7) is 2.81. The van der Waals surface area contributed by atoms with E-state index in [1.807, 2.05) is 23.1 Å². The third kappa shape index (κ3) is 4.48. The second-order valence-electron chi connectivity index (χ2n) is 6.51. The summed E-state index contributed by atoms with van der Waals surface area (Å²) >= 11 is 1.68. The van der Waals surface area contributed by atoms with Gasteiger partial charge >= 0.3 is 0 Å². The van der Waals surface area contributed by atoms with Crippen molar-refractivity contribution in [2.24, 2.45) is 0 Å². The van der Waals surface area contributed by atoms with Crippen molar-refractivity contribution >= 4 is 23.5 Å². The van der Waals surface area contributed by atoms with E-state index in [1.165, 1.54) is 5.56 Å². The van der Waals surface area contributed by atoms with Crippen molar-refractivity contribution in [2.75, 3.05) is 31.1 Å². The first-order valence-corrected chi connectivity index (χ1v) is 10.2. The molecule has 1 aliphatic heterocycles. The second-order valence-corrected chi connectivity index (χ2v) is 7.51. The zero-order valence-corrected chi connectivity index (χ0v) is 16.3. The van der Waals surface area contributed by atoms with Gasteiger partial charge in [0, 0.05) is 44.3 Å². The van der Waals surface area contributed by atoms with Crippen LogP contribution < -0.4 is 4.90 Å². The molecule has 0 bridgehead atoms. The quantitative estimate of drug-likeness (QED) is 0.623. The lowest BCUT2D eigenvalue weighted by Gasteiger charge is -2.35. The lowest BCUT2D eigenvalue weighted by molar-refractivity contribution is 0.0746. The molecule has 142 valence electrons. The largest absolute Gasteiger partial charge is 0.352 e. The lowest BCUT2D eigenvalue weighted by Crippen LogP contribution is -2.49. The van der Waals surface area contributed by atoms with Crippen LogP contribution in [0.5, 0.6) is 0 Å². The number of piperazine rings is 1. The van der Waals surface area contributed by atoms with Gasteiger partial charge in [-0.1, -0.05) is 30.3 Å². The molecule has 1 aliphatic rings. The van der Waals surface area contributed by atoms with Gasteiger partial charge in [0.15, 0.2) is 0 Å². The topological polar surface area (TPSA) is 62.2 Å². The van der Waals surface area contributed by atoms with Crippen LogP contribution in [-0.2, 0) is 5.75 Å². The molecule has 0 radical (unpaired) electrons. The number of benzene rings is 1. The highest BCUT2D eigenvalue weighted by Gasteiger charge is 2.23. The third-order valence-corrected chi connectivity index (χ3v) is 5.60. The summed E-state index contributed by atoms with van der Waals surface area (Å²) in [4.78, 5) is 29.8. The summed E-state index contributed by atoms with van der Waals surface area (Å²) in [5, 5.41) is 0.912. The molecule has 0 atom stereocenters. The molecule has 0 spiro atoms. The Hall–Kier alpha value is -2.93. The van der Waals surface area contributed by atoms with Gasteiger partial charge in [0.1, 0.15) is 10.8 Å². The number of rotatable bonds is 5. The Kier molecular flexibility index (Phi) is 5.82. The molecule has 7 heteroatoms. The summed E-state index contributed by atoms with van der Waals surface area (Å²) in [6.07, 6.45) is 6.90. The molecule has 1 aromatic carbocycles. The van der Waals surface area contributed by atoms with Gasteiger partial charge in [-0.05, 0) is 17.7 Å². The van der Waals surface area contributed by atoms with E-state index in [4.69, 9.17) is 4.98 Å². The SMILES string of the molecule is O=C(c1cccnc1)N1CCN(c2cncc(SCc3ccccc3)n2)CC1. The van der Waals surface area contributed by atoms with Crippen molar-refractivity contribution in [3.63, 3.8) is 0 Å². The number of anilines is 1. The lowest BCUT2D eigenvalue weighted by atomic mass is 10.2. The molecule has 4 rings (SSSR count). The van der Waals surface area contributed by atoms with Crippen molar-refractivity contribution in [3.05, 3.63) is 78.4 Å². The molecule has 2 aromatic heterocycles. The second kappa shape index (κ2) is 8.84. The third-order valence-electron chi connectivity index (χ3n) is 4.63. The minimum absolute atomic E-state index is 0.0333. The number of hydrogen-bond acceptors (Lipinski definition) is 6. The van der Waals surface area contributed by atoms with E-state index in [2.05, 4.69) is 27.0 Å². The van der Waals surface area contributed by atoms with Crippen molar-refractivity contribution in [1.82, 2.24) is 19.9 Å². The summed E-state index contributed by atoms with van der Waals surface area (Å²) < 4.78 is 0. The Bertz CT molecular complexity index is 914. The summed E-state index contributed by atoms with van der Waals surface area (Å²) in [7, 11) is 0. The fraction of sp³-hybridized carbons (Fsp3) is 0.238. The molecule has 1 fully saturated rings. The van der Waals surface area contributed by atoms with Gasteiger partial charge in [-0.25, -0.2) is 4.98 Å². The van der Waals surface area contributed by atoms with Crippen LogP contribution in [0.4, 0.5) is 5.82 Å². The Morgan fingerprint density at radius 1 is 0.929 bits per heavy atom. The van der Waals surface area contributed by atoms with Crippen LogP contribution in [0.2, 0.25) is 0 Å². The molecule has 28 heavy (non-hydrogen) atoms. The highest BCUT2D eigenvalue weighted by molar-refractivity contribution is 7.98. The van der Waals surface area contributed by atoms with Crippen LogP contribution in [0.25, 0.3) is 0 Å². The monoisotopic (exact) mass is 391 g/mol. The minimum Gasteiger partial charge on any atom is -0.352 e. The van der Waals surface area contributed by atoms with E-state index < -0.39 is 0 Å². The van der Waals surface area contributed by atoms with Gasteiger partial charge in [-0.2, -0.15) is 0 Å².